The number of amides is 2. The highest BCUT2D eigenvalue weighted by Crippen LogP contribution is 2.50. The highest BCUT2D eigenvalue weighted by molar-refractivity contribution is 7.91. The summed E-state index contributed by atoms with van der Waals surface area (Å²) < 4.78 is 41.5. The Morgan fingerprint density at radius 2 is 1.72 bits per heavy atom. The first-order chi connectivity index (χ1) is 25.9. The van der Waals surface area contributed by atoms with Gasteiger partial charge in [-0.3, -0.25) is 4.79 Å². The molecule has 2 saturated heterocycles. The quantitative estimate of drug-likeness (QED) is 0.185. The molecule has 0 bridgehead atoms. The SMILES string of the molecule is CN(C)C/C=C/C(=O)Nc1cccc(S(=O)(=O)c2ccc(N3CC(CN4CCC(C(C#N)(c5cccc(F)c5)[C@H]5CCC[C@@H]5NC(=O)O)CC4)C3)cc2)c1. The van der Waals surface area contributed by atoms with Gasteiger partial charge in [0.25, 0.3) is 0 Å². The van der Waals surface area contributed by atoms with Gasteiger partial charge >= 0.3 is 6.09 Å². The van der Waals surface area contributed by atoms with Gasteiger partial charge in [-0.1, -0.05) is 30.7 Å². The lowest BCUT2D eigenvalue weighted by Gasteiger charge is -2.48. The van der Waals surface area contributed by atoms with Crippen LogP contribution < -0.4 is 15.5 Å². The van der Waals surface area contributed by atoms with Gasteiger partial charge in [0.2, 0.25) is 15.7 Å². The maximum absolute atomic E-state index is 14.6. The van der Waals surface area contributed by atoms with Crippen molar-refractivity contribution in [2.45, 2.75) is 53.4 Å². The molecule has 0 spiro atoms. The number of halogens is 1. The van der Waals surface area contributed by atoms with Crippen molar-refractivity contribution in [1.82, 2.24) is 15.1 Å². The van der Waals surface area contributed by atoms with Crippen molar-refractivity contribution in [3.63, 3.8) is 0 Å². The van der Waals surface area contributed by atoms with E-state index in [1.165, 1.54) is 30.3 Å². The zero-order valence-electron chi connectivity index (χ0n) is 30.8. The normalized spacial score (nSPS) is 21.1. The van der Waals surface area contributed by atoms with E-state index in [0.717, 1.165) is 57.7 Å². The molecule has 3 aliphatic rings. The van der Waals surface area contributed by atoms with E-state index in [2.05, 4.69) is 26.5 Å². The van der Waals surface area contributed by atoms with Crippen molar-refractivity contribution in [3.8, 4) is 6.07 Å². The Balaban J connectivity index is 1.04. The fourth-order valence-corrected chi connectivity index (χ4v) is 9.98. The molecule has 13 heteroatoms. The Kier molecular flexibility index (Phi) is 12.1. The van der Waals surface area contributed by atoms with Crippen LogP contribution >= 0.6 is 0 Å². The maximum atomic E-state index is 14.6. The van der Waals surface area contributed by atoms with Crippen LogP contribution in [0.1, 0.15) is 37.7 Å². The number of nitrogens with one attached hydrogen (secondary N) is 2. The fourth-order valence-electron chi connectivity index (χ4n) is 8.67. The highest BCUT2D eigenvalue weighted by Gasteiger charge is 2.52. The van der Waals surface area contributed by atoms with Gasteiger partial charge in [-0.05, 0) is 119 Å². The van der Waals surface area contributed by atoms with E-state index < -0.39 is 27.2 Å². The molecule has 3 N–H and O–H groups in total. The van der Waals surface area contributed by atoms with Gasteiger partial charge in [-0.15, -0.1) is 0 Å². The summed E-state index contributed by atoms with van der Waals surface area (Å²) in [5.41, 5.74) is 0.994. The molecule has 1 unspecified atom stereocenters. The topological polar surface area (TPSA) is 146 Å². The number of rotatable bonds is 13. The second-order valence-corrected chi connectivity index (χ2v) is 17.1. The number of carboxylic acid groups (broad SMARTS) is 1. The molecule has 0 radical (unpaired) electrons. The molecule has 11 nitrogen and oxygen atoms in total. The summed E-state index contributed by atoms with van der Waals surface area (Å²) in [6.07, 6.45) is 5.77. The van der Waals surface area contributed by atoms with E-state index in [-0.39, 0.29) is 33.6 Å². The van der Waals surface area contributed by atoms with Gasteiger partial charge in [0.1, 0.15) is 5.82 Å². The molecule has 3 fully saturated rings. The molecule has 2 amide bonds. The van der Waals surface area contributed by atoms with E-state index in [1.807, 2.05) is 37.2 Å². The smallest absolute Gasteiger partial charge is 0.404 e. The second kappa shape index (κ2) is 16.7. The van der Waals surface area contributed by atoms with E-state index in [0.29, 0.717) is 36.6 Å². The number of benzene rings is 3. The van der Waals surface area contributed by atoms with Crippen LogP contribution in [0, 0.1) is 34.9 Å². The number of hydrogen-bond acceptors (Lipinski definition) is 8. The molecule has 2 aliphatic heterocycles. The van der Waals surface area contributed by atoms with E-state index >= 15 is 0 Å². The van der Waals surface area contributed by atoms with E-state index in [4.69, 9.17) is 0 Å². The monoisotopic (exact) mass is 756 g/mol. The second-order valence-electron chi connectivity index (χ2n) is 15.1. The molecule has 6 rings (SSSR count). The summed E-state index contributed by atoms with van der Waals surface area (Å²) in [7, 11) is -0.0112. The first-order valence-electron chi connectivity index (χ1n) is 18.6. The largest absolute Gasteiger partial charge is 0.465 e. The molecule has 2 heterocycles. The molecule has 54 heavy (non-hydrogen) atoms. The van der Waals surface area contributed by atoms with E-state index in [1.54, 1.807) is 36.4 Å². The standard InChI is InChI=1S/C41H49FN6O5S/c1-46(2)20-6-13-39(49)44-33-9-4-10-36(24-33)54(52,53)35-16-14-34(15-17-35)48-26-29(27-48)25-47-21-18-30(19-22-47)41(28-43,31-7-3-8-32(42)23-31)37-11-5-12-38(37)45-40(50)51/h3-4,6-10,13-17,23-24,29-30,37-38,45H,5,11-12,18-22,25-27H2,1-2H3,(H,44,49)(H,50,51)/b13-6+/t37-,38-,41?/m0/s1. The molecule has 3 aromatic carbocycles. The first-order valence-corrected chi connectivity index (χ1v) is 20.1. The van der Waals surface area contributed by atoms with Crippen molar-refractivity contribution in [2.75, 3.05) is 63.6 Å². The lowest BCUT2D eigenvalue weighted by molar-refractivity contribution is -0.111. The average molecular weight is 757 g/mol. The lowest BCUT2D eigenvalue weighted by atomic mass is 9.59. The predicted molar refractivity (Wildman–Crippen MR) is 206 cm³/mol. The number of anilines is 2. The van der Waals surface area contributed by atoms with Crippen molar-refractivity contribution in [3.05, 3.63) is 96.3 Å². The molecule has 1 aliphatic carbocycles. The Morgan fingerprint density at radius 3 is 2.39 bits per heavy atom. The minimum atomic E-state index is -3.81. The Labute approximate surface area is 317 Å². The zero-order valence-corrected chi connectivity index (χ0v) is 31.6. The zero-order chi connectivity index (χ0) is 38.5. The molecule has 1 saturated carbocycles. The van der Waals surface area contributed by atoms with Crippen LogP contribution in [0.5, 0.6) is 0 Å². The van der Waals surface area contributed by atoms with Crippen molar-refractivity contribution >= 4 is 33.2 Å². The van der Waals surface area contributed by atoms with Crippen molar-refractivity contribution < 1.29 is 27.5 Å². The third kappa shape index (κ3) is 8.62. The van der Waals surface area contributed by atoms with Crippen LogP contribution in [0.25, 0.3) is 0 Å². The molecule has 3 atom stereocenters. The fraction of sp³-hybridized carbons (Fsp3) is 0.439. The van der Waals surface area contributed by atoms with Crippen LogP contribution in [0.15, 0.2) is 94.7 Å². The van der Waals surface area contributed by atoms with Gasteiger partial charge in [0.15, 0.2) is 0 Å². The van der Waals surface area contributed by atoms with Crippen molar-refractivity contribution in [1.29, 1.82) is 5.26 Å². The predicted octanol–water partition coefficient (Wildman–Crippen LogP) is 5.76. The minimum Gasteiger partial charge on any atom is -0.465 e. The van der Waals surface area contributed by atoms with Crippen LogP contribution in [-0.2, 0) is 20.0 Å². The number of carbonyl (C=O) groups is 2. The van der Waals surface area contributed by atoms with Crippen LogP contribution in [-0.4, -0.2) is 94.7 Å². The van der Waals surface area contributed by atoms with Crippen LogP contribution in [0.4, 0.5) is 20.6 Å². The molecular weight excluding hydrogens is 708 g/mol. The number of nitriles is 1. The van der Waals surface area contributed by atoms with Gasteiger partial charge in [-0.25, -0.2) is 17.6 Å². The summed E-state index contributed by atoms with van der Waals surface area (Å²) in [5.74, 6) is -0.570. The van der Waals surface area contributed by atoms with Gasteiger partial charge in [0, 0.05) is 61.5 Å². The van der Waals surface area contributed by atoms with E-state index in [9.17, 15) is 32.8 Å². The van der Waals surface area contributed by atoms with Crippen LogP contribution in [0.2, 0.25) is 0 Å². The number of sulfone groups is 1. The van der Waals surface area contributed by atoms with Gasteiger partial charge in [-0.2, -0.15) is 5.26 Å². The number of likely N-dealkylation sites (tertiary alicyclic amines) is 1. The third-order valence-electron chi connectivity index (χ3n) is 11.3. The Bertz CT molecular complexity index is 1990. The average Bonchev–Trinajstić information content (AvgIpc) is 3.58. The summed E-state index contributed by atoms with van der Waals surface area (Å²) in [6, 6.07) is 21.8. The van der Waals surface area contributed by atoms with Crippen molar-refractivity contribution in [2.24, 2.45) is 17.8 Å². The highest BCUT2D eigenvalue weighted by atomic mass is 32.2. The molecular formula is C41H49FN6O5S. The summed E-state index contributed by atoms with van der Waals surface area (Å²) in [4.78, 5) is 30.8. The molecule has 0 aromatic heterocycles. The molecule has 3 aromatic rings. The minimum absolute atomic E-state index is 0.0362. The number of hydrogen-bond donors (Lipinski definition) is 3. The number of piperidine rings is 1. The number of nitrogens with zero attached hydrogens (tertiary/aromatic N) is 4. The van der Waals surface area contributed by atoms with Gasteiger partial charge in [0.05, 0.1) is 21.3 Å². The lowest BCUT2D eigenvalue weighted by Crippen LogP contribution is -2.55. The maximum Gasteiger partial charge on any atom is 0.404 e. The Hall–Kier alpha value is -4.77. The first kappa shape index (κ1) is 38.9. The summed E-state index contributed by atoms with van der Waals surface area (Å²) >= 11 is 0. The Morgan fingerprint density at radius 1 is 1.00 bits per heavy atom. The molecule has 286 valence electrons. The number of likely N-dealkylation sites (N-methyl/N-ethyl adjacent to an activating group) is 1. The number of carbonyl (C=O) groups excluding carboxylic acids is 1. The van der Waals surface area contributed by atoms with Gasteiger partial charge < -0.3 is 30.4 Å². The summed E-state index contributed by atoms with van der Waals surface area (Å²) in [6.45, 7) is 4.79. The summed E-state index contributed by atoms with van der Waals surface area (Å²) in [5, 5.41) is 25.8. The van der Waals surface area contributed by atoms with Crippen LogP contribution in [0.3, 0.4) is 0 Å². The third-order valence-corrected chi connectivity index (χ3v) is 13.0.